The van der Waals surface area contributed by atoms with E-state index in [9.17, 15) is 4.79 Å². The van der Waals surface area contributed by atoms with E-state index < -0.39 is 0 Å². The van der Waals surface area contributed by atoms with Gasteiger partial charge in [0, 0.05) is 13.0 Å². The smallest absolute Gasteiger partial charge is 0.261 e. The summed E-state index contributed by atoms with van der Waals surface area (Å²) in [6.07, 6.45) is 1.98. The maximum atomic E-state index is 12.5. The molecule has 0 atom stereocenters. The van der Waals surface area contributed by atoms with E-state index in [2.05, 4.69) is 15.1 Å². The Morgan fingerprint density at radius 3 is 2.73 bits per heavy atom. The van der Waals surface area contributed by atoms with E-state index in [0.717, 1.165) is 5.75 Å². The summed E-state index contributed by atoms with van der Waals surface area (Å²) in [4.78, 5) is 21.0. The number of nitrogens with zero attached hydrogens (tertiary/aromatic N) is 4. The lowest BCUT2D eigenvalue weighted by Gasteiger charge is -2.04. The van der Waals surface area contributed by atoms with Crippen LogP contribution >= 0.6 is 0 Å². The molecule has 130 valence electrons. The summed E-state index contributed by atoms with van der Waals surface area (Å²) in [6, 6.07) is 16.7. The molecule has 0 spiro atoms. The van der Waals surface area contributed by atoms with Crippen molar-refractivity contribution in [3.05, 3.63) is 83.0 Å². The monoisotopic (exact) mass is 348 g/mol. The van der Waals surface area contributed by atoms with Gasteiger partial charge in [0.2, 0.25) is 11.7 Å². The molecule has 4 aromatic rings. The third-order valence-electron chi connectivity index (χ3n) is 3.92. The van der Waals surface area contributed by atoms with Gasteiger partial charge < -0.3 is 9.26 Å². The highest BCUT2D eigenvalue weighted by atomic mass is 16.5. The maximum Gasteiger partial charge on any atom is 0.261 e. The maximum absolute atomic E-state index is 12.5. The Kier molecular flexibility index (Phi) is 4.42. The molecular weight excluding hydrogens is 332 g/mol. The van der Waals surface area contributed by atoms with E-state index in [1.54, 1.807) is 17.0 Å². The van der Waals surface area contributed by atoms with Crippen LogP contribution in [0.3, 0.4) is 0 Å². The molecule has 0 unspecified atom stereocenters. The zero-order valence-electron chi connectivity index (χ0n) is 13.9. The molecule has 0 saturated heterocycles. The molecule has 0 saturated carbocycles. The van der Waals surface area contributed by atoms with E-state index in [1.165, 1.54) is 0 Å². The van der Waals surface area contributed by atoms with Gasteiger partial charge in [-0.1, -0.05) is 35.5 Å². The number of rotatable bonds is 6. The second-order valence-electron chi connectivity index (χ2n) is 5.72. The van der Waals surface area contributed by atoms with Gasteiger partial charge in [0.1, 0.15) is 5.75 Å². The van der Waals surface area contributed by atoms with Crippen LogP contribution in [0, 0.1) is 0 Å². The molecule has 7 nitrogen and oxygen atoms in total. The highest BCUT2D eigenvalue weighted by molar-refractivity contribution is 5.76. The van der Waals surface area contributed by atoms with Gasteiger partial charge in [-0.15, -0.1) is 0 Å². The van der Waals surface area contributed by atoms with Crippen molar-refractivity contribution < 1.29 is 9.26 Å². The SMILES string of the molecule is O=c1c2ccccc2ncn1CCc1nc(COc2ccccc2)no1. The second-order valence-corrected chi connectivity index (χ2v) is 5.72. The fourth-order valence-corrected chi connectivity index (χ4v) is 2.60. The summed E-state index contributed by atoms with van der Waals surface area (Å²) in [6.45, 7) is 0.642. The summed E-state index contributed by atoms with van der Waals surface area (Å²) in [5.74, 6) is 1.66. The van der Waals surface area contributed by atoms with Crippen molar-refractivity contribution in [2.75, 3.05) is 0 Å². The largest absolute Gasteiger partial charge is 0.485 e. The average molecular weight is 348 g/mol. The molecule has 0 aliphatic rings. The molecule has 0 bridgehead atoms. The van der Waals surface area contributed by atoms with Crippen LogP contribution in [0.25, 0.3) is 10.9 Å². The number of fused-ring (bicyclic) bond motifs is 1. The lowest BCUT2D eigenvalue weighted by molar-refractivity contribution is 0.285. The van der Waals surface area contributed by atoms with Gasteiger partial charge in [-0.3, -0.25) is 9.36 Å². The predicted molar refractivity (Wildman–Crippen MR) is 94.8 cm³/mol. The van der Waals surface area contributed by atoms with Crippen molar-refractivity contribution in [1.29, 1.82) is 0 Å². The van der Waals surface area contributed by atoms with E-state index in [1.807, 2.05) is 48.5 Å². The van der Waals surface area contributed by atoms with Crippen LogP contribution < -0.4 is 10.3 Å². The fraction of sp³-hybridized carbons (Fsp3) is 0.158. The average Bonchev–Trinajstić information content (AvgIpc) is 3.15. The Labute approximate surface area is 148 Å². The minimum Gasteiger partial charge on any atom is -0.485 e. The van der Waals surface area contributed by atoms with E-state index in [4.69, 9.17) is 9.26 Å². The fourth-order valence-electron chi connectivity index (χ4n) is 2.60. The van der Waals surface area contributed by atoms with Gasteiger partial charge in [0.05, 0.1) is 17.2 Å². The van der Waals surface area contributed by atoms with Gasteiger partial charge in [0.25, 0.3) is 5.56 Å². The van der Waals surface area contributed by atoms with E-state index in [-0.39, 0.29) is 12.2 Å². The van der Waals surface area contributed by atoms with Gasteiger partial charge in [0.15, 0.2) is 6.61 Å². The number of hydrogen-bond donors (Lipinski definition) is 0. The molecule has 0 amide bonds. The summed E-state index contributed by atoms with van der Waals surface area (Å²) < 4.78 is 12.4. The third-order valence-corrected chi connectivity index (χ3v) is 3.92. The van der Waals surface area contributed by atoms with E-state index in [0.29, 0.717) is 35.6 Å². The molecule has 0 fully saturated rings. The van der Waals surface area contributed by atoms with Crippen molar-refractivity contribution >= 4 is 10.9 Å². The molecule has 2 aromatic carbocycles. The van der Waals surface area contributed by atoms with Crippen molar-refractivity contribution in [3.63, 3.8) is 0 Å². The molecule has 0 aliphatic carbocycles. The number of ether oxygens (including phenoxy) is 1. The minimum absolute atomic E-state index is 0.0808. The lowest BCUT2D eigenvalue weighted by Crippen LogP contribution is -2.21. The second kappa shape index (κ2) is 7.18. The zero-order valence-corrected chi connectivity index (χ0v) is 13.9. The molecule has 26 heavy (non-hydrogen) atoms. The van der Waals surface area contributed by atoms with Crippen molar-refractivity contribution in [1.82, 2.24) is 19.7 Å². The number of hydrogen-bond acceptors (Lipinski definition) is 6. The summed E-state index contributed by atoms with van der Waals surface area (Å²) in [5.41, 5.74) is 0.606. The lowest BCUT2D eigenvalue weighted by atomic mass is 10.2. The summed E-state index contributed by atoms with van der Waals surface area (Å²) >= 11 is 0. The predicted octanol–water partition coefficient (Wildman–Crippen LogP) is 2.60. The van der Waals surface area contributed by atoms with Crippen molar-refractivity contribution in [2.45, 2.75) is 19.6 Å². The third kappa shape index (κ3) is 3.46. The normalized spacial score (nSPS) is 10.9. The number of para-hydroxylation sites is 2. The highest BCUT2D eigenvalue weighted by Gasteiger charge is 2.09. The minimum atomic E-state index is -0.0808. The van der Waals surface area contributed by atoms with Crippen LogP contribution in [0.5, 0.6) is 5.75 Å². The Morgan fingerprint density at radius 2 is 1.85 bits per heavy atom. The van der Waals surface area contributed by atoms with Gasteiger partial charge >= 0.3 is 0 Å². The zero-order chi connectivity index (χ0) is 17.8. The van der Waals surface area contributed by atoms with Crippen molar-refractivity contribution in [2.24, 2.45) is 0 Å². The van der Waals surface area contributed by atoms with Crippen LogP contribution in [0.1, 0.15) is 11.7 Å². The first-order chi connectivity index (χ1) is 12.8. The molecule has 0 N–H and O–H groups in total. The highest BCUT2D eigenvalue weighted by Crippen LogP contribution is 2.11. The quantitative estimate of drug-likeness (QED) is 0.533. The molecule has 0 aliphatic heterocycles. The van der Waals surface area contributed by atoms with Crippen LogP contribution in [0.4, 0.5) is 0 Å². The van der Waals surface area contributed by atoms with E-state index >= 15 is 0 Å². The van der Waals surface area contributed by atoms with Crippen LogP contribution in [-0.2, 0) is 19.6 Å². The molecule has 2 heterocycles. The standard InChI is InChI=1S/C19H16N4O3/c24-19-15-8-4-5-9-16(15)20-13-23(19)11-10-18-21-17(22-26-18)12-25-14-6-2-1-3-7-14/h1-9,13H,10-12H2. The van der Waals surface area contributed by atoms with Crippen LogP contribution in [0.15, 0.2) is 70.2 Å². The molecule has 7 heteroatoms. The summed E-state index contributed by atoms with van der Waals surface area (Å²) in [5, 5.41) is 4.50. The van der Waals surface area contributed by atoms with Crippen LogP contribution in [0.2, 0.25) is 0 Å². The first-order valence-corrected chi connectivity index (χ1v) is 8.23. The van der Waals surface area contributed by atoms with Gasteiger partial charge in [-0.2, -0.15) is 4.98 Å². The number of aryl methyl sites for hydroxylation is 2. The van der Waals surface area contributed by atoms with Gasteiger partial charge in [-0.25, -0.2) is 4.98 Å². The Hall–Kier alpha value is -3.48. The topological polar surface area (TPSA) is 83.0 Å². The Bertz CT molecular complexity index is 1070. The number of benzene rings is 2. The Balaban J connectivity index is 1.40. The van der Waals surface area contributed by atoms with Crippen molar-refractivity contribution in [3.8, 4) is 5.75 Å². The first-order valence-electron chi connectivity index (χ1n) is 8.23. The molecule has 0 radical (unpaired) electrons. The molecular formula is C19H16N4O3. The Morgan fingerprint density at radius 1 is 1.04 bits per heavy atom. The first kappa shape index (κ1) is 16.0. The summed E-state index contributed by atoms with van der Waals surface area (Å²) in [7, 11) is 0. The molecule has 4 rings (SSSR count). The molecule has 2 aromatic heterocycles. The number of aromatic nitrogens is 4. The van der Waals surface area contributed by atoms with Crippen LogP contribution in [-0.4, -0.2) is 19.7 Å². The van der Waals surface area contributed by atoms with Gasteiger partial charge in [-0.05, 0) is 24.3 Å².